The quantitative estimate of drug-likeness (QED) is 0.225. The summed E-state index contributed by atoms with van der Waals surface area (Å²) in [5.74, 6) is -0.919. The topological polar surface area (TPSA) is 40.1 Å². The van der Waals surface area contributed by atoms with Gasteiger partial charge in [0.15, 0.2) is 0 Å². The van der Waals surface area contributed by atoms with Crippen LogP contribution >= 0.6 is 0 Å². The summed E-state index contributed by atoms with van der Waals surface area (Å²) in [4.78, 5) is 11.6. The molecule has 0 saturated heterocycles. The van der Waals surface area contributed by atoms with Crippen LogP contribution in [0.3, 0.4) is 0 Å². The molecule has 0 aromatic carbocycles. The average molecular weight is 384 g/mol. The first-order valence-electron chi connectivity index (χ1n) is 11.6. The highest BCUT2D eigenvalue weighted by Crippen LogP contribution is 2.33. The van der Waals surface area contributed by atoms with Crippen LogP contribution in [0.15, 0.2) is 0 Å². The Bertz CT molecular complexity index is 371. The molecule has 1 unspecified atom stereocenters. The van der Waals surface area contributed by atoms with Gasteiger partial charge in [-0.15, -0.1) is 0 Å². The minimum atomic E-state index is -0.919. The summed E-state index contributed by atoms with van der Waals surface area (Å²) >= 11 is 0. The first kappa shape index (κ1) is 26.4. The van der Waals surface area contributed by atoms with E-state index in [-0.39, 0.29) is 5.41 Å². The van der Waals surface area contributed by atoms with E-state index in [9.17, 15) is 9.90 Å². The molecule has 0 amide bonds. The fourth-order valence-electron chi connectivity index (χ4n) is 4.60. The molecule has 0 aliphatic heterocycles. The monoisotopic (exact) mass is 383 g/mol. The molecular formula is C24H49NO2. The van der Waals surface area contributed by atoms with Crippen LogP contribution in [-0.4, -0.2) is 37.6 Å². The maximum Gasteiger partial charge on any atom is 0.134 e. The smallest absolute Gasteiger partial charge is 0.134 e. The molecule has 1 atom stereocenters. The highest BCUT2D eigenvalue weighted by atomic mass is 16.4. The Labute approximate surface area is 170 Å². The molecule has 162 valence electrons. The van der Waals surface area contributed by atoms with E-state index in [1.807, 2.05) is 21.1 Å². The molecule has 3 heteroatoms. The van der Waals surface area contributed by atoms with Gasteiger partial charge in [-0.1, -0.05) is 111 Å². The zero-order chi connectivity index (χ0) is 20.8. The number of carbonyl (C=O) groups is 1. The average Bonchev–Trinajstić information content (AvgIpc) is 2.52. The molecule has 0 radical (unpaired) electrons. The standard InChI is InChI=1S/C24H49NO2/c1-7-8-9-10-11-12-13-14-15-16-17-18-19-20-21-24(2,3)22(23(26)27)25(4,5)6/h22H,7-21H2,1-6H3. The minimum absolute atomic E-state index is 0.228. The molecule has 0 spiro atoms. The second-order valence-electron chi connectivity index (χ2n) is 10.2. The summed E-state index contributed by atoms with van der Waals surface area (Å²) in [7, 11) is 5.86. The van der Waals surface area contributed by atoms with E-state index >= 15 is 0 Å². The molecule has 0 aliphatic carbocycles. The highest BCUT2D eigenvalue weighted by Gasteiger charge is 2.39. The second kappa shape index (κ2) is 14.4. The van der Waals surface area contributed by atoms with E-state index in [0.29, 0.717) is 4.48 Å². The van der Waals surface area contributed by atoms with Crippen molar-refractivity contribution in [3.05, 3.63) is 0 Å². The van der Waals surface area contributed by atoms with Crippen molar-refractivity contribution in [3.63, 3.8) is 0 Å². The molecular weight excluding hydrogens is 334 g/mol. The number of likely N-dealkylation sites (N-methyl/N-ethyl adjacent to an activating group) is 1. The van der Waals surface area contributed by atoms with Crippen LogP contribution in [0.1, 0.15) is 117 Å². The maximum atomic E-state index is 11.6. The number of aliphatic carboxylic acids is 1. The van der Waals surface area contributed by atoms with Gasteiger partial charge in [-0.25, -0.2) is 0 Å². The SMILES string of the molecule is CCCCCCCCCCCCCCCCC(C)(C)C(C(=O)[O-])[N+](C)(C)C. The number of quaternary nitrogens is 1. The molecule has 0 aromatic rings. The van der Waals surface area contributed by atoms with Gasteiger partial charge in [-0.2, -0.15) is 0 Å². The van der Waals surface area contributed by atoms with Crippen molar-refractivity contribution >= 4 is 5.97 Å². The van der Waals surface area contributed by atoms with Crippen LogP contribution in [0.5, 0.6) is 0 Å². The van der Waals surface area contributed by atoms with Gasteiger partial charge in [0, 0.05) is 5.41 Å². The van der Waals surface area contributed by atoms with Crippen LogP contribution in [0.2, 0.25) is 0 Å². The highest BCUT2D eigenvalue weighted by molar-refractivity contribution is 5.70. The van der Waals surface area contributed by atoms with Gasteiger partial charge in [-0.05, 0) is 6.42 Å². The summed E-state index contributed by atoms with van der Waals surface area (Å²) in [5.41, 5.74) is -0.228. The van der Waals surface area contributed by atoms with E-state index < -0.39 is 12.0 Å². The molecule has 27 heavy (non-hydrogen) atoms. The van der Waals surface area contributed by atoms with Crippen LogP contribution in [0.25, 0.3) is 0 Å². The van der Waals surface area contributed by atoms with Gasteiger partial charge in [0.1, 0.15) is 6.04 Å². The lowest BCUT2D eigenvalue weighted by Gasteiger charge is -2.44. The van der Waals surface area contributed by atoms with Crippen molar-refractivity contribution in [2.75, 3.05) is 21.1 Å². The summed E-state index contributed by atoms with van der Waals surface area (Å²) in [6.07, 6.45) is 19.9. The number of rotatable bonds is 18. The lowest BCUT2D eigenvalue weighted by Crippen LogP contribution is -2.61. The number of carboxylic acids is 1. The molecule has 0 aliphatic rings. The van der Waals surface area contributed by atoms with E-state index in [0.717, 1.165) is 12.8 Å². The molecule has 0 fully saturated rings. The van der Waals surface area contributed by atoms with Crippen molar-refractivity contribution in [2.24, 2.45) is 5.41 Å². The van der Waals surface area contributed by atoms with Gasteiger partial charge < -0.3 is 14.4 Å². The zero-order valence-electron chi connectivity index (χ0n) is 19.4. The third-order valence-corrected chi connectivity index (χ3v) is 5.91. The van der Waals surface area contributed by atoms with E-state index in [1.165, 1.54) is 83.5 Å². The van der Waals surface area contributed by atoms with Crippen molar-refractivity contribution in [1.29, 1.82) is 0 Å². The number of unbranched alkanes of at least 4 members (excludes halogenated alkanes) is 13. The lowest BCUT2D eigenvalue weighted by molar-refractivity contribution is -0.896. The second-order valence-corrected chi connectivity index (χ2v) is 10.2. The fraction of sp³-hybridized carbons (Fsp3) is 0.958. The number of carbonyl (C=O) groups excluding carboxylic acids is 1. The van der Waals surface area contributed by atoms with E-state index in [4.69, 9.17) is 0 Å². The maximum absolute atomic E-state index is 11.6. The van der Waals surface area contributed by atoms with E-state index in [1.54, 1.807) is 0 Å². The Hall–Kier alpha value is -0.570. The van der Waals surface area contributed by atoms with Crippen molar-refractivity contribution in [2.45, 2.75) is 123 Å². The van der Waals surface area contributed by atoms with Gasteiger partial charge in [-0.3, -0.25) is 0 Å². The summed E-state index contributed by atoms with van der Waals surface area (Å²) in [5, 5.41) is 11.6. The Morgan fingerprint density at radius 3 is 1.37 bits per heavy atom. The minimum Gasteiger partial charge on any atom is -0.544 e. The number of hydrogen-bond donors (Lipinski definition) is 0. The Morgan fingerprint density at radius 2 is 1.07 bits per heavy atom. The Morgan fingerprint density at radius 1 is 0.741 bits per heavy atom. The molecule has 0 bridgehead atoms. The summed E-state index contributed by atoms with van der Waals surface area (Å²) < 4.78 is 0.425. The Balaban J connectivity index is 3.67. The molecule has 0 saturated carbocycles. The first-order chi connectivity index (χ1) is 12.6. The number of carboxylic acid groups (broad SMARTS) is 1. The molecule has 0 N–H and O–H groups in total. The lowest BCUT2D eigenvalue weighted by atomic mass is 9.78. The van der Waals surface area contributed by atoms with Crippen LogP contribution < -0.4 is 5.11 Å². The molecule has 0 aromatic heterocycles. The fourth-order valence-corrected chi connectivity index (χ4v) is 4.60. The summed E-state index contributed by atoms with van der Waals surface area (Å²) in [6, 6.07) is -0.459. The predicted octanol–water partition coefficient (Wildman–Crippen LogP) is 5.71. The van der Waals surface area contributed by atoms with Gasteiger partial charge in [0.2, 0.25) is 0 Å². The summed E-state index contributed by atoms with van der Waals surface area (Å²) in [6.45, 7) is 6.44. The number of hydrogen-bond acceptors (Lipinski definition) is 2. The van der Waals surface area contributed by atoms with Gasteiger partial charge in [0.05, 0.1) is 27.1 Å². The third-order valence-electron chi connectivity index (χ3n) is 5.91. The van der Waals surface area contributed by atoms with Gasteiger partial charge >= 0.3 is 0 Å². The first-order valence-corrected chi connectivity index (χ1v) is 11.6. The molecule has 0 rings (SSSR count). The Kier molecular flexibility index (Phi) is 14.1. The normalized spacial score (nSPS) is 13.7. The molecule has 0 heterocycles. The third kappa shape index (κ3) is 13.3. The van der Waals surface area contributed by atoms with Crippen LogP contribution in [0.4, 0.5) is 0 Å². The van der Waals surface area contributed by atoms with Crippen molar-refractivity contribution in [3.8, 4) is 0 Å². The van der Waals surface area contributed by atoms with Crippen molar-refractivity contribution in [1.82, 2.24) is 0 Å². The van der Waals surface area contributed by atoms with Crippen LogP contribution in [0, 0.1) is 5.41 Å². The van der Waals surface area contributed by atoms with Gasteiger partial charge in [0.25, 0.3) is 0 Å². The predicted molar refractivity (Wildman–Crippen MR) is 116 cm³/mol. The van der Waals surface area contributed by atoms with Crippen molar-refractivity contribution < 1.29 is 14.4 Å². The van der Waals surface area contributed by atoms with Crippen LogP contribution in [-0.2, 0) is 4.79 Å². The van der Waals surface area contributed by atoms with E-state index in [2.05, 4.69) is 20.8 Å². The number of nitrogens with zero attached hydrogens (tertiary/aromatic N) is 1. The molecule has 3 nitrogen and oxygen atoms in total. The zero-order valence-corrected chi connectivity index (χ0v) is 19.4. The largest absolute Gasteiger partial charge is 0.544 e.